The van der Waals surface area contributed by atoms with Crippen LogP contribution in [0.15, 0.2) is 112 Å². The molecule has 0 saturated carbocycles. The molecule has 0 aliphatic heterocycles. The van der Waals surface area contributed by atoms with Gasteiger partial charge in [0, 0.05) is 39.1 Å². The molecule has 0 unspecified atom stereocenters. The second kappa shape index (κ2) is 24.7. The smallest absolute Gasteiger partial charge is 0.297 e. The highest BCUT2D eigenvalue weighted by Crippen LogP contribution is 2.42. The van der Waals surface area contributed by atoms with Gasteiger partial charge in [-0.2, -0.15) is 62.2 Å². The summed E-state index contributed by atoms with van der Waals surface area (Å²) in [5, 5.41) is 34.1. The third kappa shape index (κ3) is 19.4. The number of nitrogen functional groups attached to an aromatic ring is 1. The predicted octanol–water partition coefficient (Wildman–Crippen LogP) is 7.59. The molecule has 0 fully saturated rings. The molecule has 36 heteroatoms. The first-order valence-electron chi connectivity index (χ1n) is 20.2. The van der Waals surface area contributed by atoms with Gasteiger partial charge >= 0.3 is 0 Å². The molecular weight excluding hydrogens is 1130 g/mol. The third-order valence-electron chi connectivity index (χ3n) is 9.00. The van der Waals surface area contributed by atoms with Crippen molar-refractivity contribution in [3.8, 4) is 0 Å². The number of anilines is 5. The highest BCUT2D eigenvalue weighted by Gasteiger charge is 2.22. The van der Waals surface area contributed by atoms with Crippen molar-refractivity contribution < 1.29 is 69.8 Å². The Morgan fingerprint density at radius 2 is 1.14 bits per heavy atom. The Morgan fingerprint density at radius 3 is 1.71 bits per heavy atom. The number of hydrogen-bond acceptors (Lipinski definition) is 25. The number of benzene rings is 4. The van der Waals surface area contributed by atoms with Gasteiger partial charge in [-0.05, 0) is 91.8 Å². The zero-order valence-corrected chi connectivity index (χ0v) is 43.8. The number of nitrogens with zero attached hydrogens (tertiary/aromatic N) is 8. The maximum atomic E-state index is 12.1. The van der Waals surface area contributed by atoms with Crippen LogP contribution in [-0.2, 0) is 50.6 Å². The lowest BCUT2D eigenvalue weighted by Gasteiger charge is -2.14. The molecule has 1 aromatic heterocycles. The minimum Gasteiger partial charge on any atom is -0.398 e. The molecule has 4 aromatic carbocycles. The van der Waals surface area contributed by atoms with Gasteiger partial charge in [-0.1, -0.05) is 17.8 Å². The highest BCUT2D eigenvalue weighted by molar-refractivity contribution is 8.00. The molecular formula is C37H41N11O17S8. The molecule has 0 atom stereocenters. The fraction of sp³-hybridized carbons (Fsp3) is 0.270. The molecule has 0 aliphatic carbocycles. The van der Waals surface area contributed by atoms with Crippen LogP contribution in [0.2, 0.25) is 0 Å². The minimum absolute atomic E-state index is 0.00500. The lowest BCUT2D eigenvalue weighted by molar-refractivity contribution is -0.385. The van der Waals surface area contributed by atoms with Crippen LogP contribution >= 0.6 is 35.3 Å². The minimum atomic E-state index is -5.03. The van der Waals surface area contributed by atoms with Gasteiger partial charge < -0.3 is 16.4 Å². The standard InChI is InChI=1S/C37H41N11O17S8/c1-22-16-31(33(67-11-4-14-70(54,55)56)20-28(22)45-44-27-9-8-24(48(49)50)18-34(27)73(63,64)65)47-46-30-21-32(66-10-3-13-69(51,52)53)26(38)19-29(30)40-36-41-35(39-23-6-2-7-25(17-23)72(60,61)62)42-37(43-36)68-12-5-15-71(57,58)59/h2,6-9,16-21H,3-5,10-15,38H2,1H3,(H,51,52,53)(H,54,55,56)(H,57,58,59)(H,60,61,62)(H,63,64,65)(H2,39,40,41,42,43). The molecule has 0 aliphatic rings. The second-order valence-electron chi connectivity index (χ2n) is 14.8. The van der Waals surface area contributed by atoms with Crippen molar-refractivity contribution in [1.29, 1.82) is 0 Å². The number of nitro groups is 1. The maximum Gasteiger partial charge on any atom is 0.297 e. The van der Waals surface area contributed by atoms with Gasteiger partial charge in [-0.3, -0.25) is 32.9 Å². The number of nitrogens with one attached hydrogen (secondary N) is 2. The van der Waals surface area contributed by atoms with Crippen LogP contribution in [0.25, 0.3) is 0 Å². The molecule has 0 spiro atoms. The summed E-state index contributed by atoms with van der Waals surface area (Å²) in [4.78, 5) is 22.8. The predicted molar refractivity (Wildman–Crippen MR) is 271 cm³/mol. The van der Waals surface area contributed by atoms with Crippen molar-refractivity contribution in [3.05, 3.63) is 82.4 Å². The summed E-state index contributed by atoms with van der Waals surface area (Å²) in [5.41, 5.74) is 6.25. The van der Waals surface area contributed by atoms with E-state index in [1.54, 1.807) is 6.92 Å². The van der Waals surface area contributed by atoms with E-state index in [4.69, 9.17) is 5.73 Å². The number of aryl methyl sites for hydroxylation is 1. The van der Waals surface area contributed by atoms with Crippen molar-refractivity contribution in [3.63, 3.8) is 0 Å². The van der Waals surface area contributed by atoms with E-state index in [2.05, 4.69) is 46.0 Å². The molecule has 0 saturated heterocycles. The SMILES string of the molecule is Cc1cc(N=Nc2cc(SCCCS(=O)(=O)O)c(N)cc2Nc2nc(Nc3cccc(S(=O)(=O)O)c3)nc(SCCCS(=O)(=O)O)n2)c(SCCCS(=O)(=O)O)cc1N=Nc1ccc([N+](=O)[O-])cc1S(=O)(=O)O. The van der Waals surface area contributed by atoms with Crippen LogP contribution in [0.4, 0.5) is 57.4 Å². The average Bonchev–Trinajstić information content (AvgIpc) is 3.26. The Balaban J connectivity index is 1.61. The van der Waals surface area contributed by atoms with Gasteiger partial charge in [0.2, 0.25) is 11.9 Å². The Kier molecular flexibility index (Phi) is 19.7. The number of aromatic nitrogens is 3. The van der Waals surface area contributed by atoms with E-state index in [1.807, 2.05) is 0 Å². The van der Waals surface area contributed by atoms with Crippen LogP contribution < -0.4 is 16.4 Å². The summed E-state index contributed by atoms with van der Waals surface area (Å²) in [6.45, 7) is 1.56. The van der Waals surface area contributed by atoms with Gasteiger partial charge in [0.1, 0.15) is 16.3 Å². The van der Waals surface area contributed by atoms with Crippen molar-refractivity contribution in [1.82, 2.24) is 15.0 Å². The summed E-state index contributed by atoms with van der Waals surface area (Å²) >= 11 is 3.10. The normalized spacial score (nSPS) is 12.7. The number of nitro benzene ring substituents is 1. The number of non-ortho nitro benzene ring substituents is 1. The van der Waals surface area contributed by atoms with Gasteiger partial charge in [0.15, 0.2) is 5.16 Å². The summed E-state index contributed by atoms with van der Waals surface area (Å²) in [6.07, 6.45) is -0.0633. The molecule has 5 aromatic rings. The number of hydrogen-bond donors (Lipinski definition) is 8. The largest absolute Gasteiger partial charge is 0.398 e. The van der Waals surface area contributed by atoms with E-state index in [-0.39, 0.29) is 92.6 Å². The van der Waals surface area contributed by atoms with Gasteiger partial charge in [0.25, 0.3) is 56.3 Å². The number of nitrogens with two attached hydrogens (primary N) is 1. The Hall–Kier alpha value is -5.51. The molecule has 9 N–H and O–H groups in total. The van der Waals surface area contributed by atoms with Crippen molar-refractivity contribution >= 4 is 143 Å². The van der Waals surface area contributed by atoms with Crippen LogP contribution in [0.1, 0.15) is 24.8 Å². The van der Waals surface area contributed by atoms with E-state index in [9.17, 15) is 75.0 Å². The van der Waals surface area contributed by atoms with E-state index in [1.165, 1.54) is 36.4 Å². The number of azo groups is 2. The van der Waals surface area contributed by atoms with E-state index in [0.717, 1.165) is 59.6 Å². The van der Waals surface area contributed by atoms with E-state index < -0.39 is 93.9 Å². The highest BCUT2D eigenvalue weighted by atomic mass is 32.2. The third-order valence-corrected chi connectivity index (χ3v) is 16.4. The van der Waals surface area contributed by atoms with Crippen LogP contribution in [-0.4, -0.2) is 119 Å². The second-order valence-corrected chi connectivity index (χ2v) is 25.6. The van der Waals surface area contributed by atoms with Crippen molar-refractivity contribution in [2.24, 2.45) is 20.5 Å². The number of thioether (sulfide) groups is 3. The molecule has 28 nitrogen and oxygen atoms in total. The average molecular weight is 1170 g/mol. The first kappa shape index (κ1) is 58.4. The van der Waals surface area contributed by atoms with E-state index >= 15 is 0 Å². The lowest BCUT2D eigenvalue weighted by atomic mass is 10.2. The Labute approximate surface area is 429 Å². The van der Waals surface area contributed by atoms with Crippen molar-refractivity contribution in [2.45, 2.75) is 50.9 Å². The lowest BCUT2D eigenvalue weighted by Crippen LogP contribution is -2.07. The topological polar surface area (TPSA) is 453 Å². The molecule has 73 heavy (non-hydrogen) atoms. The Morgan fingerprint density at radius 1 is 0.603 bits per heavy atom. The van der Waals surface area contributed by atoms with Crippen LogP contribution in [0.5, 0.6) is 0 Å². The molecule has 0 radical (unpaired) electrons. The molecule has 0 amide bonds. The van der Waals surface area contributed by atoms with Gasteiger partial charge in [-0.25, -0.2) is 0 Å². The fourth-order valence-corrected chi connectivity index (χ4v) is 11.6. The molecule has 394 valence electrons. The monoisotopic (exact) mass is 1170 g/mol. The van der Waals surface area contributed by atoms with Gasteiger partial charge in [-0.15, -0.1) is 38.9 Å². The first-order chi connectivity index (χ1) is 33.9. The Bertz CT molecular complexity index is 3540. The first-order valence-corrected chi connectivity index (χ1v) is 30.9. The van der Waals surface area contributed by atoms with Crippen molar-refractivity contribution in [2.75, 3.05) is 50.9 Å². The fourth-order valence-electron chi connectivity index (χ4n) is 5.75. The van der Waals surface area contributed by atoms with Crippen LogP contribution in [0, 0.1) is 17.0 Å². The molecule has 1 heterocycles. The molecule has 5 rings (SSSR count). The number of rotatable bonds is 26. The zero-order chi connectivity index (χ0) is 53.9. The summed E-state index contributed by atoms with van der Waals surface area (Å²) in [5.74, 6) is -1.81. The summed E-state index contributed by atoms with van der Waals surface area (Å²) < 4.78 is 164. The summed E-state index contributed by atoms with van der Waals surface area (Å²) in [6, 6.07) is 13.3. The zero-order valence-electron chi connectivity index (χ0n) is 37.3. The summed E-state index contributed by atoms with van der Waals surface area (Å²) in [7, 11) is -22.6. The van der Waals surface area contributed by atoms with E-state index in [0.29, 0.717) is 16.5 Å². The maximum absolute atomic E-state index is 12.1. The van der Waals surface area contributed by atoms with Gasteiger partial charge in [0.05, 0.1) is 44.1 Å². The quantitative estimate of drug-likeness (QED) is 0.00502. The van der Waals surface area contributed by atoms with Crippen LogP contribution in [0.3, 0.4) is 0 Å². The molecule has 0 bridgehead atoms.